The Morgan fingerprint density at radius 1 is 1.27 bits per heavy atom. The molecule has 8 heteroatoms. The van der Waals surface area contributed by atoms with Crippen molar-refractivity contribution < 1.29 is 15.0 Å². The summed E-state index contributed by atoms with van der Waals surface area (Å²) in [5.74, 6) is 0.113. The molecule has 0 radical (unpaired) electrons. The molecule has 0 saturated carbocycles. The molecule has 0 bridgehead atoms. The van der Waals surface area contributed by atoms with Gasteiger partial charge in [0.1, 0.15) is 11.8 Å². The Morgan fingerprint density at radius 2 is 2.07 bits per heavy atom. The Balaban J connectivity index is 1.63. The lowest BCUT2D eigenvalue weighted by atomic mass is 9.94. The monoisotopic (exact) mass is 407 g/mol. The normalized spacial score (nSPS) is 21.7. The van der Waals surface area contributed by atoms with Crippen LogP contribution in [0, 0.1) is 18.3 Å². The molecule has 30 heavy (non-hydrogen) atoms. The molecular weight excluding hydrogens is 382 g/mol. The van der Waals surface area contributed by atoms with Crippen molar-refractivity contribution in [1.82, 2.24) is 15.1 Å². The maximum atomic E-state index is 11.4. The van der Waals surface area contributed by atoms with E-state index in [4.69, 9.17) is 5.26 Å². The third-order valence-corrected chi connectivity index (χ3v) is 6.20. The van der Waals surface area contributed by atoms with Crippen molar-refractivity contribution >= 4 is 11.8 Å². The maximum Gasteiger partial charge on any atom is 0.320 e. The number of likely N-dealkylation sites (tertiary alicyclic amines) is 1. The van der Waals surface area contributed by atoms with Gasteiger partial charge >= 0.3 is 5.97 Å². The number of aromatic nitrogens is 2. The quantitative estimate of drug-likeness (QED) is 0.797. The lowest BCUT2D eigenvalue weighted by molar-refractivity contribution is -0.144. The summed E-state index contributed by atoms with van der Waals surface area (Å²) in [5.41, 5.74) is 3.47. The SMILES string of the molecule is Cc1cc(C#N)cc(O)c1-c1cc2c(nn1)N([C@H]1CC[C@H](C(=O)O)N(C)C1)CCC2. The number of benzene rings is 1. The number of hydrogen-bond acceptors (Lipinski definition) is 7. The van der Waals surface area contributed by atoms with Gasteiger partial charge in [0.05, 0.1) is 17.3 Å². The molecule has 2 N–H and O–H groups in total. The summed E-state index contributed by atoms with van der Waals surface area (Å²) in [5, 5.41) is 37.8. The van der Waals surface area contributed by atoms with Crippen LogP contribution >= 0.6 is 0 Å². The molecule has 0 spiro atoms. The molecule has 0 unspecified atom stereocenters. The number of aliphatic carboxylic acids is 1. The number of anilines is 1. The molecule has 156 valence electrons. The average Bonchev–Trinajstić information content (AvgIpc) is 2.72. The first-order chi connectivity index (χ1) is 14.4. The van der Waals surface area contributed by atoms with E-state index >= 15 is 0 Å². The Kier molecular flexibility index (Phi) is 5.31. The van der Waals surface area contributed by atoms with Crippen LogP contribution in [0.2, 0.25) is 0 Å². The lowest BCUT2D eigenvalue weighted by Crippen LogP contribution is -2.54. The van der Waals surface area contributed by atoms with Crippen molar-refractivity contribution in [3.63, 3.8) is 0 Å². The fourth-order valence-corrected chi connectivity index (χ4v) is 4.73. The van der Waals surface area contributed by atoms with Crippen LogP contribution in [0.25, 0.3) is 11.3 Å². The van der Waals surface area contributed by atoms with Crippen LogP contribution < -0.4 is 4.90 Å². The minimum Gasteiger partial charge on any atom is -0.507 e. The van der Waals surface area contributed by atoms with Gasteiger partial charge in [0.15, 0.2) is 5.82 Å². The van der Waals surface area contributed by atoms with Gasteiger partial charge in [-0.25, -0.2) is 0 Å². The van der Waals surface area contributed by atoms with E-state index in [1.54, 1.807) is 6.07 Å². The molecule has 4 rings (SSSR count). The smallest absolute Gasteiger partial charge is 0.320 e. The van der Waals surface area contributed by atoms with Gasteiger partial charge in [0.2, 0.25) is 0 Å². The predicted octanol–water partition coefficient (Wildman–Crippen LogP) is 2.33. The number of phenols is 1. The van der Waals surface area contributed by atoms with E-state index in [1.165, 1.54) is 6.07 Å². The summed E-state index contributed by atoms with van der Waals surface area (Å²) in [6.45, 7) is 3.40. The first-order valence-corrected chi connectivity index (χ1v) is 10.2. The van der Waals surface area contributed by atoms with Gasteiger partial charge in [-0.3, -0.25) is 9.69 Å². The first kappa shape index (κ1) is 20.1. The van der Waals surface area contributed by atoms with Gasteiger partial charge < -0.3 is 15.1 Å². The van der Waals surface area contributed by atoms with Crippen LogP contribution in [0.4, 0.5) is 5.82 Å². The number of carbonyl (C=O) groups is 1. The first-order valence-electron chi connectivity index (χ1n) is 10.2. The fourth-order valence-electron chi connectivity index (χ4n) is 4.73. The third kappa shape index (κ3) is 3.57. The van der Waals surface area contributed by atoms with Gasteiger partial charge in [0, 0.05) is 24.7 Å². The summed E-state index contributed by atoms with van der Waals surface area (Å²) in [6, 6.07) is 6.99. The molecule has 8 nitrogen and oxygen atoms in total. The number of phenolic OH excluding ortho intramolecular Hbond substituents is 1. The molecule has 2 aliphatic rings. The topological polar surface area (TPSA) is 114 Å². The molecule has 1 aromatic carbocycles. The van der Waals surface area contributed by atoms with Crippen LogP contribution in [-0.4, -0.2) is 63.5 Å². The highest BCUT2D eigenvalue weighted by molar-refractivity contribution is 5.74. The van der Waals surface area contributed by atoms with Crippen LogP contribution in [0.5, 0.6) is 5.75 Å². The molecule has 0 amide bonds. The molecule has 2 aliphatic heterocycles. The number of aromatic hydroxyl groups is 1. The van der Waals surface area contributed by atoms with Crippen molar-refractivity contribution in [3.05, 3.63) is 34.9 Å². The van der Waals surface area contributed by atoms with Crippen LogP contribution in [0.3, 0.4) is 0 Å². The Hall–Kier alpha value is -3.18. The number of fused-ring (bicyclic) bond motifs is 1. The standard InChI is InChI=1S/C22H25N5O3/c1-13-8-14(11-23)9-19(28)20(13)17-10-15-4-3-7-27(21(15)25-24-17)16-5-6-18(22(29)30)26(2)12-16/h8-10,16,18,28H,3-7,12H2,1-2H3,(H,29,30)/t16-,18+/m0/s1. The fraction of sp³-hybridized carbons (Fsp3) is 0.455. The number of nitrogens with zero attached hydrogens (tertiary/aromatic N) is 5. The lowest BCUT2D eigenvalue weighted by Gasteiger charge is -2.43. The molecule has 2 atom stereocenters. The van der Waals surface area contributed by atoms with E-state index in [0.29, 0.717) is 29.8 Å². The molecule has 1 aromatic heterocycles. The summed E-state index contributed by atoms with van der Waals surface area (Å²) in [7, 11) is 1.86. The second-order valence-electron chi connectivity index (χ2n) is 8.20. The highest BCUT2D eigenvalue weighted by atomic mass is 16.4. The minimum absolute atomic E-state index is 0.0297. The van der Waals surface area contributed by atoms with Gasteiger partial charge in [-0.05, 0) is 69.0 Å². The Labute approximate surface area is 175 Å². The summed E-state index contributed by atoms with van der Waals surface area (Å²) >= 11 is 0. The minimum atomic E-state index is -0.767. The van der Waals surface area contributed by atoms with Crippen molar-refractivity contribution in [2.24, 2.45) is 0 Å². The second kappa shape index (κ2) is 7.92. The Bertz CT molecular complexity index is 1010. The number of rotatable bonds is 3. The molecule has 0 aliphatic carbocycles. The number of carboxylic acids is 1. The van der Waals surface area contributed by atoms with Crippen molar-refractivity contribution in [1.29, 1.82) is 5.26 Å². The zero-order valence-corrected chi connectivity index (χ0v) is 17.2. The molecule has 1 saturated heterocycles. The summed E-state index contributed by atoms with van der Waals surface area (Å²) in [6.07, 6.45) is 3.29. The van der Waals surface area contributed by atoms with Gasteiger partial charge in [-0.2, -0.15) is 5.26 Å². The van der Waals surface area contributed by atoms with E-state index in [0.717, 1.165) is 42.8 Å². The summed E-state index contributed by atoms with van der Waals surface area (Å²) < 4.78 is 0. The highest BCUT2D eigenvalue weighted by Crippen LogP contribution is 2.36. The van der Waals surface area contributed by atoms with Crippen LogP contribution in [0.15, 0.2) is 18.2 Å². The highest BCUT2D eigenvalue weighted by Gasteiger charge is 2.35. The number of nitriles is 1. The van der Waals surface area contributed by atoms with Crippen LogP contribution in [-0.2, 0) is 11.2 Å². The van der Waals surface area contributed by atoms with Crippen molar-refractivity contribution in [2.75, 3.05) is 25.0 Å². The maximum absolute atomic E-state index is 11.4. The van der Waals surface area contributed by atoms with E-state index in [9.17, 15) is 15.0 Å². The average molecular weight is 407 g/mol. The Morgan fingerprint density at radius 3 is 2.73 bits per heavy atom. The number of likely N-dealkylation sites (N-methyl/N-ethyl adjacent to an activating group) is 1. The van der Waals surface area contributed by atoms with Gasteiger partial charge in [-0.15, -0.1) is 10.2 Å². The van der Waals surface area contributed by atoms with E-state index in [-0.39, 0.29) is 11.8 Å². The molecule has 3 heterocycles. The number of aryl methyl sites for hydroxylation is 2. The zero-order chi connectivity index (χ0) is 21.4. The number of carboxylic acid groups (broad SMARTS) is 1. The largest absolute Gasteiger partial charge is 0.507 e. The van der Waals surface area contributed by atoms with Crippen molar-refractivity contribution in [3.8, 4) is 23.1 Å². The molecule has 2 aromatic rings. The number of piperidine rings is 1. The van der Waals surface area contributed by atoms with E-state index < -0.39 is 12.0 Å². The van der Waals surface area contributed by atoms with Gasteiger partial charge in [0.25, 0.3) is 0 Å². The van der Waals surface area contributed by atoms with E-state index in [2.05, 4.69) is 15.1 Å². The molecule has 1 fully saturated rings. The van der Waals surface area contributed by atoms with Crippen LogP contribution in [0.1, 0.15) is 36.0 Å². The van der Waals surface area contributed by atoms with Gasteiger partial charge in [-0.1, -0.05) is 0 Å². The molecular formula is C22H25N5O3. The zero-order valence-electron chi connectivity index (χ0n) is 17.2. The van der Waals surface area contributed by atoms with E-state index in [1.807, 2.05) is 31.0 Å². The second-order valence-corrected chi connectivity index (χ2v) is 8.20. The predicted molar refractivity (Wildman–Crippen MR) is 111 cm³/mol. The third-order valence-electron chi connectivity index (χ3n) is 6.20. The van der Waals surface area contributed by atoms with Crippen molar-refractivity contribution in [2.45, 2.75) is 44.7 Å². The number of hydrogen-bond donors (Lipinski definition) is 2. The summed E-state index contributed by atoms with van der Waals surface area (Å²) in [4.78, 5) is 15.6.